The minimum Gasteiger partial charge on any atom is -0.465 e. The maximum absolute atomic E-state index is 12.5. The van der Waals surface area contributed by atoms with Gasteiger partial charge in [-0.25, -0.2) is 9.18 Å². The molecule has 1 aliphatic rings. The van der Waals surface area contributed by atoms with Crippen molar-refractivity contribution in [3.8, 4) is 0 Å². The summed E-state index contributed by atoms with van der Waals surface area (Å²) in [6.45, 7) is 1.75. The summed E-state index contributed by atoms with van der Waals surface area (Å²) < 4.78 is 12.5. The van der Waals surface area contributed by atoms with Gasteiger partial charge >= 0.3 is 6.09 Å². The Hall–Kier alpha value is -0.800. The summed E-state index contributed by atoms with van der Waals surface area (Å²) >= 11 is 0. The van der Waals surface area contributed by atoms with Crippen LogP contribution in [0, 0.1) is 0 Å². The number of rotatable bonds is 0. The van der Waals surface area contributed by atoms with Gasteiger partial charge in [-0.2, -0.15) is 0 Å². The zero-order chi connectivity index (χ0) is 7.72. The van der Waals surface area contributed by atoms with Crippen LogP contribution in [0.1, 0.15) is 13.3 Å². The number of amides is 1. The number of alkyl halides is 1. The van der Waals surface area contributed by atoms with Gasteiger partial charge in [0.1, 0.15) is 6.17 Å². The number of carboxylic acid groups (broad SMARTS) is 1. The van der Waals surface area contributed by atoms with Crippen molar-refractivity contribution in [2.24, 2.45) is 0 Å². The van der Waals surface area contributed by atoms with E-state index in [2.05, 4.69) is 0 Å². The molecule has 0 aromatic heterocycles. The van der Waals surface area contributed by atoms with Gasteiger partial charge in [-0.1, -0.05) is 0 Å². The van der Waals surface area contributed by atoms with E-state index in [1.165, 1.54) is 0 Å². The summed E-state index contributed by atoms with van der Waals surface area (Å²) in [5.41, 5.74) is 0. The van der Waals surface area contributed by atoms with Gasteiger partial charge in [0, 0.05) is 12.5 Å². The highest BCUT2D eigenvalue weighted by Gasteiger charge is 2.31. The normalized spacial score (nSPS) is 32.8. The second-order valence-electron chi connectivity index (χ2n) is 2.62. The molecule has 10 heavy (non-hydrogen) atoms. The van der Waals surface area contributed by atoms with Gasteiger partial charge < -0.3 is 10.0 Å². The fourth-order valence-corrected chi connectivity index (χ4v) is 1.23. The lowest BCUT2D eigenvalue weighted by atomic mass is 10.2. The van der Waals surface area contributed by atoms with Crippen LogP contribution in [-0.4, -0.2) is 34.9 Å². The second-order valence-corrected chi connectivity index (χ2v) is 2.62. The molecule has 1 heterocycles. The highest BCUT2D eigenvalue weighted by molar-refractivity contribution is 5.65. The molecule has 4 heteroatoms. The van der Waals surface area contributed by atoms with E-state index in [1.807, 2.05) is 0 Å². The van der Waals surface area contributed by atoms with Crippen LogP contribution < -0.4 is 0 Å². The Labute approximate surface area is 58.4 Å². The molecule has 0 aromatic carbocycles. The Morgan fingerprint density at radius 3 is 2.60 bits per heavy atom. The fourth-order valence-electron chi connectivity index (χ4n) is 1.23. The number of hydrogen-bond acceptors (Lipinski definition) is 1. The second kappa shape index (κ2) is 2.44. The molecule has 1 rings (SSSR count). The minimum absolute atomic E-state index is 0.0382. The fraction of sp³-hybridized carbons (Fsp3) is 0.833. The van der Waals surface area contributed by atoms with E-state index in [-0.39, 0.29) is 12.6 Å². The number of carbonyl (C=O) groups is 1. The summed E-state index contributed by atoms with van der Waals surface area (Å²) in [4.78, 5) is 11.4. The number of nitrogens with zero attached hydrogens (tertiary/aromatic N) is 1. The molecule has 1 fully saturated rings. The van der Waals surface area contributed by atoms with Crippen LogP contribution in [0.2, 0.25) is 0 Å². The molecule has 0 spiro atoms. The zero-order valence-corrected chi connectivity index (χ0v) is 5.75. The summed E-state index contributed by atoms with van der Waals surface area (Å²) in [7, 11) is 0. The lowest BCUT2D eigenvalue weighted by Gasteiger charge is -2.15. The highest BCUT2D eigenvalue weighted by Crippen LogP contribution is 2.19. The Bertz CT molecular complexity index is 151. The highest BCUT2D eigenvalue weighted by atomic mass is 19.1. The van der Waals surface area contributed by atoms with Crippen LogP contribution in [-0.2, 0) is 0 Å². The number of halogens is 1. The monoisotopic (exact) mass is 147 g/mol. The molecule has 0 saturated carbocycles. The van der Waals surface area contributed by atoms with Crippen molar-refractivity contribution in [3.63, 3.8) is 0 Å². The van der Waals surface area contributed by atoms with Gasteiger partial charge in [-0.05, 0) is 6.92 Å². The molecule has 3 nitrogen and oxygen atoms in total. The summed E-state index contributed by atoms with van der Waals surface area (Å²) in [5, 5.41) is 8.46. The lowest BCUT2D eigenvalue weighted by Crippen LogP contribution is -2.32. The lowest BCUT2D eigenvalue weighted by molar-refractivity contribution is 0.141. The van der Waals surface area contributed by atoms with E-state index in [0.717, 1.165) is 4.90 Å². The number of hydrogen-bond donors (Lipinski definition) is 1. The van der Waals surface area contributed by atoms with Crippen molar-refractivity contribution in [1.82, 2.24) is 4.90 Å². The molecule has 0 aromatic rings. The third kappa shape index (κ3) is 1.20. The Kier molecular flexibility index (Phi) is 1.78. The van der Waals surface area contributed by atoms with Gasteiger partial charge in [0.05, 0.1) is 6.54 Å². The van der Waals surface area contributed by atoms with Crippen LogP contribution in [0.4, 0.5) is 9.18 Å². The number of likely N-dealkylation sites (tertiary alicyclic amines) is 1. The topological polar surface area (TPSA) is 40.5 Å². The van der Waals surface area contributed by atoms with Crippen molar-refractivity contribution >= 4 is 6.09 Å². The SMILES string of the molecule is C[C@@H]1CC(F)CN1C(=O)O. The quantitative estimate of drug-likeness (QED) is 0.557. The van der Waals surface area contributed by atoms with Gasteiger partial charge in [0.2, 0.25) is 0 Å². The standard InChI is InChI=1S/C6H10FNO2/c1-4-2-5(7)3-8(4)6(9)10/h4-5H,2-3H2,1H3,(H,9,10)/t4-,5?/m1/s1. The summed E-state index contributed by atoms with van der Waals surface area (Å²) in [6.07, 6.45) is -1.65. The van der Waals surface area contributed by atoms with Crippen molar-refractivity contribution in [2.45, 2.75) is 25.6 Å². The predicted molar refractivity (Wildman–Crippen MR) is 33.7 cm³/mol. The van der Waals surface area contributed by atoms with Crippen molar-refractivity contribution < 1.29 is 14.3 Å². The van der Waals surface area contributed by atoms with Crippen LogP contribution in [0.5, 0.6) is 0 Å². The minimum atomic E-state index is -1.02. The van der Waals surface area contributed by atoms with Gasteiger partial charge in [-0.3, -0.25) is 0 Å². The van der Waals surface area contributed by atoms with E-state index in [9.17, 15) is 9.18 Å². The van der Waals surface area contributed by atoms with Crippen LogP contribution in [0.15, 0.2) is 0 Å². The Morgan fingerprint density at radius 1 is 1.80 bits per heavy atom. The molecule has 1 N–H and O–H groups in total. The molecule has 1 saturated heterocycles. The molecule has 0 radical (unpaired) electrons. The van der Waals surface area contributed by atoms with Gasteiger partial charge in [0.15, 0.2) is 0 Å². The van der Waals surface area contributed by atoms with E-state index >= 15 is 0 Å². The molecule has 58 valence electrons. The molecule has 0 aliphatic carbocycles. The van der Waals surface area contributed by atoms with Crippen LogP contribution in [0.3, 0.4) is 0 Å². The Balaban J connectivity index is 2.54. The van der Waals surface area contributed by atoms with Gasteiger partial charge in [0.25, 0.3) is 0 Å². The molecular weight excluding hydrogens is 137 g/mol. The van der Waals surface area contributed by atoms with Gasteiger partial charge in [-0.15, -0.1) is 0 Å². The largest absolute Gasteiger partial charge is 0.465 e. The first-order valence-electron chi connectivity index (χ1n) is 3.25. The predicted octanol–water partition coefficient (Wildman–Crippen LogP) is 1.10. The van der Waals surface area contributed by atoms with Crippen molar-refractivity contribution in [2.75, 3.05) is 6.54 Å². The first-order valence-corrected chi connectivity index (χ1v) is 3.25. The smallest absolute Gasteiger partial charge is 0.407 e. The van der Waals surface area contributed by atoms with E-state index < -0.39 is 12.3 Å². The average Bonchev–Trinajstić information content (AvgIpc) is 2.10. The Morgan fingerprint density at radius 2 is 2.40 bits per heavy atom. The van der Waals surface area contributed by atoms with E-state index in [0.29, 0.717) is 6.42 Å². The average molecular weight is 147 g/mol. The molecule has 2 atom stereocenters. The molecule has 0 bridgehead atoms. The molecule has 1 aliphatic heterocycles. The summed E-state index contributed by atoms with van der Waals surface area (Å²) in [6, 6.07) is -0.160. The van der Waals surface area contributed by atoms with E-state index in [4.69, 9.17) is 5.11 Å². The third-order valence-corrected chi connectivity index (χ3v) is 1.77. The zero-order valence-electron chi connectivity index (χ0n) is 5.75. The maximum Gasteiger partial charge on any atom is 0.407 e. The van der Waals surface area contributed by atoms with E-state index in [1.54, 1.807) is 6.92 Å². The van der Waals surface area contributed by atoms with Crippen molar-refractivity contribution in [1.29, 1.82) is 0 Å². The van der Waals surface area contributed by atoms with Crippen molar-refractivity contribution in [3.05, 3.63) is 0 Å². The third-order valence-electron chi connectivity index (χ3n) is 1.77. The molecular formula is C6H10FNO2. The first-order chi connectivity index (χ1) is 4.61. The van der Waals surface area contributed by atoms with Crippen LogP contribution >= 0.6 is 0 Å². The molecule has 1 amide bonds. The van der Waals surface area contributed by atoms with Crippen LogP contribution in [0.25, 0.3) is 0 Å². The first kappa shape index (κ1) is 7.31. The summed E-state index contributed by atoms with van der Waals surface area (Å²) in [5.74, 6) is 0. The molecule has 1 unspecified atom stereocenters. The maximum atomic E-state index is 12.5.